The van der Waals surface area contributed by atoms with E-state index in [0.29, 0.717) is 6.54 Å². The van der Waals surface area contributed by atoms with Crippen LogP contribution in [0.4, 0.5) is 10.1 Å². The Kier molecular flexibility index (Phi) is 6.75. The molecule has 162 valence electrons. The van der Waals surface area contributed by atoms with Gasteiger partial charge in [-0.1, -0.05) is 12.1 Å². The summed E-state index contributed by atoms with van der Waals surface area (Å²) in [7, 11) is 0. The Morgan fingerprint density at radius 2 is 1.77 bits per heavy atom. The number of rotatable bonds is 6. The zero-order valence-corrected chi connectivity index (χ0v) is 18.7. The van der Waals surface area contributed by atoms with Gasteiger partial charge in [-0.05, 0) is 55.3 Å². The van der Waals surface area contributed by atoms with Crippen molar-refractivity contribution in [3.05, 3.63) is 69.8 Å². The Morgan fingerprint density at radius 1 is 1.06 bits per heavy atom. The Labute approximate surface area is 186 Å². The van der Waals surface area contributed by atoms with E-state index in [1.165, 1.54) is 12.1 Å². The van der Waals surface area contributed by atoms with E-state index < -0.39 is 0 Å². The molecule has 1 aromatic heterocycles. The van der Waals surface area contributed by atoms with Gasteiger partial charge >= 0.3 is 0 Å². The van der Waals surface area contributed by atoms with E-state index in [9.17, 15) is 9.18 Å². The van der Waals surface area contributed by atoms with Gasteiger partial charge in [-0.2, -0.15) is 0 Å². The molecule has 0 atom stereocenters. The van der Waals surface area contributed by atoms with Gasteiger partial charge in [0, 0.05) is 42.8 Å². The van der Waals surface area contributed by atoms with Gasteiger partial charge in [0.1, 0.15) is 10.8 Å². The summed E-state index contributed by atoms with van der Waals surface area (Å²) in [5.74, 6) is -0.203. The molecule has 1 aliphatic rings. The second-order valence-electron chi connectivity index (χ2n) is 8.05. The fourth-order valence-corrected chi connectivity index (χ4v) is 4.54. The molecule has 1 saturated heterocycles. The van der Waals surface area contributed by atoms with Crippen LogP contribution in [0.3, 0.4) is 0 Å². The highest BCUT2D eigenvalue weighted by molar-refractivity contribution is 7.09. The van der Waals surface area contributed by atoms with Crippen molar-refractivity contribution in [3.63, 3.8) is 0 Å². The van der Waals surface area contributed by atoms with Crippen molar-refractivity contribution in [2.45, 2.75) is 20.4 Å². The molecule has 0 bridgehead atoms. The maximum atomic E-state index is 13.1. The number of nitrogens with zero attached hydrogens (tertiary/aromatic N) is 3. The van der Waals surface area contributed by atoms with Crippen LogP contribution in [0.15, 0.2) is 47.8 Å². The SMILES string of the molecule is Cc1ccc(C)c(NC(=O)CN2CCN(Cc3nc(-c4ccc(F)cc4)cs3)CC2)c1. The molecule has 0 unspecified atom stereocenters. The first-order valence-electron chi connectivity index (χ1n) is 10.5. The third-order valence-corrected chi connectivity index (χ3v) is 6.38. The van der Waals surface area contributed by atoms with E-state index >= 15 is 0 Å². The number of carbonyl (C=O) groups excluding carboxylic acids is 1. The van der Waals surface area contributed by atoms with E-state index in [0.717, 1.165) is 65.8 Å². The number of hydrogen-bond donors (Lipinski definition) is 1. The molecule has 0 aliphatic carbocycles. The lowest BCUT2D eigenvalue weighted by molar-refractivity contribution is -0.117. The Bertz CT molecular complexity index is 1040. The first kappa shape index (κ1) is 21.6. The summed E-state index contributed by atoms with van der Waals surface area (Å²) in [6.45, 7) is 8.77. The Hall–Kier alpha value is -2.61. The number of piperazine rings is 1. The highest BCUT2D eigenvalue weighted by Gasteiger charge is 2.20. The number of benzene rings is 2. The molecule has 0 spiro atoms. The van der Waals surface area contributed by atoms with Gasteiger partial charge in [-0.15, -0.1) is 11.3 Å². The summed E-state index contributed by atoms with van der Waals surface area (Å²) in [5.41, 5.74) is 4.93. The number of anilines is 1. The lowest BCUT2D eigenvalue weighted by atomic mass is 10.1. The van der Waals surface area contributed by atoms with Gasteiger partial charge in [0.2, 0.25) is 5.91 Å². The first-order valence-corrected chi connectivity index (χ1v) is 11.4. The minimum absolute atomic E-state index is 0.0333. The number of halogens is 1. The van der Waals surface area contributed by atoms with Crippen molar-refractivity contribution >= 4 is 22.9 Å². The van der Waals surface area contributed by atoms with Crippen LogP contribution in [0.2, 0.25) is 0 Å². The monoisotopic (exact) mass is 438 g/mol. The number of aromatic nitrogens is 1. The standard InChI is InChI=1S/C24H27FN4OS/c1-17-3-4-18(2)21(13-17)26-23(30)14-28-9-11-29(12-10-28)15-24-27-22(16-31-24)19-5-7-20(25)8-6-19/h3-8,13,16H,9-12,14-15H2,1-2H3,(H,26,30). The molecule has 2 aromatic carbocycles. The number of hydrogen-bond acceptors (Lipinski definition) is 5. The van der Waals surface area contributed by atoms with E-state index in [1.807, 2.05) is 31.4 Å². The zero-order chi connectivity index (χ0) is 21.8. The quantitative estimate of drug-likeness (QED) is 0.623. The molecule has 4 rings (SSSR count). The summed E-state index contributed by atoms with van der Waals surface area (Å²) in [6.07, 6.45) is 0. The summed E-state index contributed by atoms with van der Waals surface area (Å²) in [4.78, 5) is 21.8. The largest absolute Gasteiger partial charge is 0.325 e. The van der Waals surface area contributed by atoms with Crippen LogP contribution in [0, 0.1) is 19.7 Å². The molecule has 3 aromatic rings. The average Bonchev–Trinajstić information content (AvgIpc) is 3.21. The molecule has 5 nitrogen and oxygen atoms in total. The molecule has 1 fully saturated rings. The number of carbonyl (C=O) groups is 1. The molecule has 0 radical (unpaired) electrons. The summed E-state index contributed by atoms with van der Waals surface area (Å²) >= 11 is 1.63. The van der Waals surface area contributed by atoms with Crippen molar-refractivity contribution in [1.82, 2.24) is 14.8 Å². The molecule has 2 heterocycles. The van der Waals surface area contributed by atoms with Gasteiger partial charge in [-0.25, -0.2) is 9.37 Å². The van der Waals surface area contributed by atoms with Crippen LogP contribution in [-0.2, 0) is 11.3 Å². The second-order valence-corrected chi connectivity index (χ2v) is 8.99. The summed E-state index contributed by atoms with van der Waals surface area (Å²) in [5, 5.41) is 6.13. The van der Waals surface area contributed by atoms with E-state index in [-0.39, 0.29) is 11.7 Å². The smallest absolute Gasteiger partial charge is 0.238 e. The van der Waals surface area contributed by atoms with Crippen LogP contribution < -0.4 is 5.32 Å². The summed E-state index contributed by atoms with van der Waals surface area (Å²) in [6, 6.07) is 12.5. The zero-order valence-electron chi connectivity index (χ0n) is 17.9. The maximum Gasteiger partial charge on any atom is 0.238 e. The minimum Gasteiger partial charge on any atom is -0.325 e. The van der Waals surface area contributed by atoms with Gasteiger partial charge in [0.15, 0.2) is 0 Å². The second kappa shape index (κ2) is 9.68. The predicted octanol–water partition coefficient (Wildman–Crippen LogP) is 4.32. The molecular weight excluding hydrogens is 411 g/mol. The van der Waals surface area contributed by atoms with E-state index in [4.69, 9.17) is 4.98 Å². The topological polar surface area (TPSA) is 48.5 Å². The molecule has 31 heavy (non-hydrogen) atoms. The lowest BCUT2D eigenvalue weighted by Gasteiger charge is -2.33. The van der Waals surface area contributed by atoms with Crippen molar-refractivity contribution in [1.29, 1.82) is 0 Å². The normalized spacial score (nSPS) is 15.2. The average molecular weight is 439 g/mol. The van der Waals surface area contributed by atoms with Crippen molar-refractivity contribution in [3.8, 4) is 11.3 Å². The van der Waals surface area contributed by atoms with Crippen LogP contribution in [0.1, 0.15) is 16.1 Å². The Balaban J connectivity index is 1.25. The van der Waals surface area contributed by atoms with Crippen LogP contribution in [-0.4, -0.2) is 53.4 Å². The highest BCUT2D eigenvalue weighted by atomic mass is 32.1. The fourth-order valence-electron chi connectivity index (χ4n) is 3.70. The Morgan fingerprint density at radius 3 is 2.52 bits per heavy atom. The minimum atomic E-state index is -0.236. The molecule has 1 N–H and O–H groups in total. The third-order valence-electron chi connectivity index (χ3n) is 5.55. The van der Waals surface area contributed by atoms with Crippen LogP contribution >= 0.6 is 11.3 Å². The number of aryl methyl sites for hydroxylation is 2. The molecular formula is C24H27FN4OS. The van der Waals surface area contributed by atoms with Gasteiger partial charge in [-0.3, -0.25) is 14.6 Å². The number of nitrogens with one attached hydrogen (secondary N) is 1. The molecule has 1 aliphatic heterocycles. The molecule has 7 heteroatoms. The summed E-state index contributed by atoms with van der Waals surface area (Å²) < 4.78 is 13.1. The first-order chi connectivity index (χ1) is 15.0. The molecule has 0 saturated carbocycles. The number of thiazole rings is 1. The predicted molar refractivity (Wildman–Crippen MR) is 124 cm³/mol. The maximum absolute atomic E-state index is 13.1. The van der Waals surface area contributed by atoms with Crippen molar-refractivity contribution in [2.24, 2.45) is 0 Å². The lowest BCUT2D eigenvalue weighted by Crippen LogP contribution is -2.48. The van der Waals surface area contributed by atoms with Crippen molar-refractivity contribution < 1.29 is 9.18 Å². The third kappa shape index (κ3) is 5.76. The van der Waals surface area contributed by atoms with Gasteiger partial charge in [0.05, 0.1) is 18.8 Å². The molecule has 1 amide bonds. The fraction of sp³-hybridized carbons (Fsp3) is 0.333. The van der Waals surface area contributed by atoms with Crippen LogP contribution in [0.5, 0.6) is 0 Å². The van der Waals surface area contributed by atoms with Crippen LogP contribution in [0.25, 0.3) is 11.3 Å². The van der Waals surface area contributed by atoms with Gasteiger partial charge < -0.3 is 5.32 Å². The highest BCUT2D eigenvalue weighted by Crippen LogP contribution is 2.23. The van der Waals surface area contributed by atoms with E-state index in [1.54, 1.807) is 23.5 Å². The van der Waals surface area contributed by atoms with Crippen molar-refractivity contribution in [2.75, 3.05) is 38.0 Å². The van der Waals surface area contributed by atoms with Gasteiger partial charge in [0.25, 0.3) is 0 Å². The number of amides is 1. The van der Waals surface area contributed by atoms with E-state index in [2.05, 4.69) is 21.2 Å².